The molecule has 86 valence electrons. The number of aryl methyl sites for hydroxylation is 1. The van der Waals surface area contributed by atoms with Gasteiger partial charge in [-0.3, -0.25) is 4.79 Å². The number of thioether (sulfide) groups is 2. The molecular weight excluding hydrogens is 236 g/mol. The molecule has 3 heteroatoms. The zero-order valence-corrected chi connectivity index (χ0v) is 11.3. The lowest BCUT2D eigenvalue weighted by atomic mass is 9.99. The van der Waals surface area contributed by atoms with Crippen LogP contribution in [0.3, 0.4) is 0 Å². The van der Waals surface area contributed by atoms with Gasteiger partial charge in [0.15, 0.2) is 5.78 Å². The largest absolute Gasteiger partial charge is 0.293 e. The number of rotatable bonds is 2. The summed E-state index contributed by atoms with van der Waals surface area (Å²) in [6.07, 6.45) is 0. The Labute approximate surface area is 105 Å². The molecule has 1 saturated heterocycles. The van der Waals surface area contributed by atoms with Gasteiger partial charge in [0, 0.05) is 22.8 Å². The molecule has 0 saturated carbocycles. The fourth-order valence-corrected chi connectivity index (χ4v) is 4.46. The van der Waals surface area contributed by atoms with E-state index in [4.69, 9.17) is 0 Å². The summed E-state index contributed by atoms with van der Waals surface area (Å²) >= 11 is 3.70. The highest BCUT2D eigenvalue weighted by atomic mass is 32.2. The van der Waals surface area contributed by atoms with Gasteiger partial charge in [-0.25, -0.2) is 0 Å². The summed E-state index contributed by atoms with van der Waals surface area (Å²) in [6.45, 7) is 4.11. The molecule has 1 aliphatic heterocycles. The first-order valence-corrected chi connectivity index (χ1v) is 7.70. The van der Waals surface area contributed by atoms with E-state index in [-0.39, 0.29) is 5.25 Å². The maximum absolute atomic E-state index is 12.3. The van der Waals surface area contributed by atoms with Crippen molar-refractivity contribution >= 4 is 29.3 Å². The molecule has 0 aromatic heterocycles. The SMILES string of the molecule is Cc1cccc(C(=O)C2CSCCS2)c1C. The molecule has 1 aromatic rings. The average molecular weight is 252 g/mol. The monoisotopic (exact) mass is 252 g/mol. The number of ketones is 1. The number of carbonyl (C=O) groups excluding carboxylic acids is 1. The van der Waals surface area contributed by atoms with Crippen LogP contribution in [0.1, 0.15) is 21.5 Å². The average Bonchev–Trinajstić information content (AvgIpc) is 2.33. The van der Waals surface area contributed by atoms with Gasteiger partial charge in [-0.05, 0) is 25.0 Å². The Bertz CT molecular complexity index is 395. The van der Waals surface area contributed by atoms with E-state index in [9.17, 15) is 4.79 Å². The molecule has 1 aliphatic rings. The summed E-state index contributed by atoms with van der Waals surface area (Å²) in [5, 5.41) is 0.166. The topological polar surface area (TPSA) is 17.1 Å². The van der Waals surface area contributed by atoms with Crippen LogP contribution >= 0.6 is 23.5 Å². The molecule has 0 spiro atoms. The second-order valence-corrected chi connectivity index (χ2v) is 6.51. The molecule has 1 nitrogen and oxygen atoms in total. The van der Waals surface area contributed by atoms with Gasteiger partial charge >= 0.3 is 0 Å². The van der Waals surface area contributed by atoms with Gasteiger partial charge in [0.2, 0.25) is 0 Å². The molecule has 1 aromatic carbocycles. The van der Waals surface area contributed by atoms with Crippen LogP contribution in [0.4, 0.5) is 0 Å². The van der Waals surface area contributed by atoms with Crippen molar-refractivity contribution in [1.29, 1.82) is 0 Å². The highest BCUT2D eigenvalue weighted by molar-refractivity contribution is 8.07. The third kappa shape index (κ3) is 2.46. The van der Waals surface area contributed by atoms with Crippen LogP contribution in [-0.4, -0.2) is 28.3 Å². The van der Waals surface area contributed by atoms with Crippen molar-refractivity contribution in [2.24, 2.45) is 0 Å². The lowest BCUT2D eigenvalue weighted by molar-refractivity contribution is 0.0994. The predicted molar refractivity (Wildman–Crippen MR) is 73.8 cm³/mol. The van der Waals surface area contributed by atoms with Crippen LogP contribution in [-0.2, 0) is 0 Å². The van der Waals surface area contributed by atoms with Crippen LogP contribution in [0.15, 0.2) is 18.2 Å². The Hall–Kier alpha value is -0.410. The zero-order chi connectivity index (χ0) is 11.5. The van der Waals surface area contributed by atoms with Crippen LogP contribution < -0.4 is 0 Å². The maximum Gasteiger partial charge on any atom is 0.176 e. The van der Waals surface area contributed by atoms with Gasteiger partial charge in [-0.2, -0.15) is 11.8 Å². The first kappa shape index (κ1) is 12.1. The Kier molecular flexibility index (Phi) is 3.98. The number of benzene rings is 1. The minimum absolute atomic E-state index is 0.166. The minimum Gasteiger partial charge on any atom is -0.293 e. The van der Waals surface area contributed by atoms with Gasteiger partial charge in [-0.15, -0.1) is 11.8 Å². The fourth-order valence-electron chi connectivity index (χ4n) is 1.83. The summed E-state index contributed by atoms with van der Waals surface area (Å²) in [4.78, 5) is 12.3. The molecular formula is C13H16OS2. The van der Waals surface area contributed by atoms with Crippen molar-refractivity contribution in [3.05, 3.63) is 34.9 Å². The number of hydrogen-bond acceptors (Lipinski definition) is 3. The van der Waals surface area contributed by atoms with E-state index in [1.807, 2.05) is 42.6 Å². The van der Waals surface area contributed by atoms with Crippen molar-refractivity contribution < 1.29 is 4.79 Å². The highest BCUT2D eigenvalue weighted by Gasteiger charge is 2.24. The Balaban J connectivity index is 2.22. The second-order valence-electron chi connectivity index (χ2n) is 4.05. The molecule has 1 heterocycles. The van der Waals surface area contributed by atoms with Gasteiger partial charge in [-0.1, -0.05) is 18.2 Å². The van der Waals surface area contributed by atoms with Crippen molar-refractivity contribution in [1.82, 2.24) is 0 Å². The smallest absolute Gasteiger partial charge is 0.176 e. The normalized spacial score (nSPS) is 20.8. The molecule has 2 rings (SSSR count). The van der Waals surface area contributed by atoms with Crippen molar-refractivity contribution in [3.63, 3.8) is 0 Å². The predicted octanol–water partition coefficient (Wildman–Crippen LogP) is 3.33. The summed E-state index contributed by atoms with van der Waals surface area (Å²) in [5.41, 5.74) is 3.27. The summed E-state index contributed by atoms with van der Waals surface area (Å²) < 4.78 is 0. The molecule has 0 bridgehead atoms. The number of Topliss-reactive ketones (excluding diaryl/α,β-unsaturated/α-hetero) is 1. The Morgan fingerprint density at radius 3 is 2.81 bits per heavy atom. The van der Waals surface area contributed by atoms with Crippen LogP contribution in [0.2, 0.25) is 0 Å². The fraction of sp³-hybridized carbons (Fsp3) is 0.462. The highest BCUT2D eigenvalue weighted by Crippen LogP contribution is 2.28. The lowest BCUT2D eigenvalue weighted by Gasteiger charge is -2.20. The number of carbonyl (C=O) groups is 1. The van der Waals surface area contributed by atoms with E-state index in [2.05, 4.69) is 13.0 Å². The van der Waals surface area contributed by atoms with Crippen molar-refractivity contribution in [3.8, 4) is 0 Å². The first-order valence-electron chi connectivity index (χ1n) is 5.50. The number of hydrogen-bond donors (Lipinski definition) is 0. The van der Waals surface area contributed by atoms with E-state index < -0.39 is 0 Å². The Morgan fingerprint density at radius 1 is 1.31 bits per heavy atom. The quantitative estimate of drug-likeness (QED) is 0.752. The van der Waals surface area contributed by atoms with E-state index >= 15 is 0 Å². The molecule has 0 aliphatic carbocycles. The summed E-state index contributed by atoms with van der Waals surface area (Å²) in [7, 11) is 0. The van der Waals surface area contributed by atoms with Crippen molar-refractivity contribution in [2.45, 2.75) is 19.1 Å². The Morgan fingerprint density at radius 2 is 2.12 bits per heavy atom. The van der Waals surface area contributed by atoms with Crippen molar-refractivity contribution in [2.75, 3.05) is 17.3 Å². The minimum atomic E-state index is 0.166. The molecule has 1 unspecified atom stereocenters. The van der Waals surface area contributed by atoms with Crippen LogP contribution in [0.5, 0.6) is 0 Å². The molecule has 1 fully saturated rings. The third-order valence-corrected chi connectivity index (χ3v) is 5.73. The van der Waals surface area contributed by atoms with Gasteiger partial charge in [0.25, 0.3) is 0 Å². The van der Waals surface area contributed by atoms with Gasteiger partial charge in [0.1, 0.15) is 0 Å². The van der Waals surface area contributed by atoms with Crippen LogP contribution in [0, 0.1) is 13.8 Å². The standard InChI is InChI=1S/C13H16OS2/c1-9-4-3-5-11(10(9)2)13(14)12-8-15-6-7-16-12/h3-5,12H,6-8H2,1-2H3. The second kappa shape index (κ2) is 5.28. The van der Waals surface area contributed by atoms with E-state index in [0.717, 1.165) is 22.6 Å². The third-order valence-electron chi connectivity index (χ3n) is 2.98. The van der Waals surface area contributed by atoms with E-state index in [0.29, 0.717) is 5.78 Å². The lowest BCUT2D eigenvalue weighted by Crippen LogP contribution is -2.25. The molecule has 0 radical (unpaired) electrons. The first-order chi connectivity index (χ1) is 7.70. The van der Waals surface area contributed by atoms with Gasteiger partial charge < -0.3 is 0 Å². The molecule has 1 atom stereocenters. The van der Waals surface area contributed by atoms with Gasteiger partial charge in [0.05, 0.1) is 5.25 Å². The summed E-state index contributed by atoms with van der Waals surface area (Å²) in [5.74, 6) is 3.57. The molecule has 0 amide bonds. The molecule has 16 heavy (non-hydrogen) atoms. The van der Waals surface area contributed by atoms with E-state index in [1.165, 1.54) is 11.3 Å². The summed E-state index contributed by atoms with van der Waals surface area (Å²) in [6, 6.07) is 6.01. The molecule has 0 N–H and O–H groups in total. The van der Waals surface area contributed by atoms with E-state index in [1.54, 1.807) is 0 Å². The zero-order valence-electron chi connectivity index (χ0n) is 9.66. The maximum atomic E-state index is 12.3. The van der Waals surface area contributed by atoms with Crippen LogP contribution in [0.25, 0.3) is 0 Å².